The normalized spacial score (nSPS) is 11.0. The van der Waals surface area contributed by atoms with Crippen LogP contribution >= 0.6 is 0 Å². The fourth-order valence-electron chi connectivity index (χ4n) is 3.01. The highest BCUT2D eigenvalue weighted by Gasteiger charge is 2.34. The van der Waals surface area contributed by atoms with Crippen molar-refractivity contribution >= 4 is 34.7 Å². The molecule has 6 nitrogen and oxygen atoms in total. The van der Waals surface area contributed by atoms with Gasteiger partial charge in [0.1, 0.15) is 5.82 Å². The fraction of sp³-hybridized carbons (Fsp3) is 0.125. The van der Waals surface area contributed by atoms with Gasteiger partial charge in [-0.15, -0.1) is 0 Å². The minimum Gasteiger partial charge on any atom is -0.376 e. The molecule has 0 aliphatic heterocycles. The number of hydrogen-bond donors (Lipinski definition) is 3. The summed E-state index contributed by atoms with van der Waals surface area (Å²) in [6.07, 6.45) is -4.77. The summed E-state index contributed by atoms with van der Waals surface area (Å²) >= 11 is 0. The van der Waals surface area contributed by atoms with E-state index in [4.69, 9.17) is 0 Å². The molecule has 10 heteroatoms. The SMILES string of the molecule is CC(=O)c1cccc(NC(=O)CNc2ccc(NC(=O)c3ccc(F)cc3)cc2C(F)(F)F)c1. The van der Waals surface area contributed by atoms with Crippen LogP contribution in [0, 0.1) is 5.82 Å². The molecule has 0 saturated heterocycles. The first-order valence-electron chi connectivity index (χ1n) is 9.96. The Hall–Kier alpha value is -4.21. The third kappa shape index (κ3) is 6.41. The number of hydrogen-bond acceptors (Lipinski definition) is 4. The largest absolute Gasteiger partial charge is 0.418 e. The number of carbonyl (C=O) groups excluding carboxylic acids is 3. The Labute approximate surface area is 192 Å². The van der Waals surface area contributed by atoms with Crippen LogP contribution in [0.25, 0.3) is 0 Å². The van der Waals surface area contributed by atoms with Crippen LogP contribution < -0.4 is 16.0 Å². The summed E-state index contributed by atoms with van der Waals surface area (Å²) in [7, 11) is 0. The van der Waals surface area contributed by atoms with Gasteiger partial charge < -0.3 is 16.0 Å². The van der Waals surface area contributed by atoms with Crippen molar-refractivity contribution in [2.45, 2.75) is 13.1 Å². The Bertz CT molecular complexity index is 1220. The van der Waals surface area contributed by atoms with Gasteiger partial charge >= 0.3 is 6.18 Å². The Morgan fingerprint density at radius 2 is 1.50 bits per heavy atom. The van der Waals surface area contributed by atoms with E-state index in [2.05, 4.69) is 16.0 Å². The zero-order valence-corrected chi connectivity index (χ0v) is 17.8. The Morgan fingerprint density at radius 1 is 0.824 bits per heavy atom. The second-order valence-electron chi connectivity index (χ2n) is 7.26. The van der Waals surface area contributed by atoms with Gasteiger partial charge in [0.15, 0.2) is 5.78 Å². The average molecular weight is 473 g/mol. The predicted octanol–water partition coefficient (Wildman–Crippen LogP) is 5.35. The second kappa shape index (κ2) is 10.2. The standard InChI is InChI=1S/C24H19F4N3O3/c1-14(32)16-3-2-4-18(11-16)30-22(33)13-29-21-10-9-19(12-20(21)24(26,27)28)31-23(34)15-5-7-17(25)8-6-15/h2-12,29H,13H2,1H3,(H,30,33)(H,31,34). The molecule has 34 heavy (non-hydrogen) atoms. The van der Waals surface area contributed by atoms with Crippen LogP contribution in [0.4, 0.5) is 34.6 Å². The monoisotopic (exact) mass is 473 g/mol. The maximum Gasteiger partial charge on any atom is 0.418 e. The van der Waals surface area contributed by atoms with Gasteiger partial charge in [-0.3, -0.25) is 14.4 Å². The van der Waals surface area contributed by atoms with Crippen molar-refractivity contribution in [1.29, 1.82) is 0 Å². The fourth-order valence-corrected chi connectivity index (χ4v) is 3.01. The number of carbonyl (C=O) groups is 3. The molecule has 3 aromatic rings. The van der Waals surface area contributed by atoms with Gasteiger partial charge in [-0.1, -0.05) is 12.1 Å². The summed E-state index contributed by atoms with van der Waals surface area (Å²) in [5.74, 6) is -2.08. The van der Waals surface area contributed by atoms with E-state index in [9.17, 15) is 31.9 Å². The number of amides is 2. The van der Waals surface area contributed by atoms with Gasteiger partial charge in [-0.05, 0) is 61.5 Å². The van der Waals surface area contributed by atoms with E-state index >= 15 is 0 Å². The molecule has 0 aliphatic carbocycles. The van der Waals surface area contributed by atoms with Crippen LogP contribution in [0.3, 0.4) is 0 Å². The Balaban J connectivity index is 1.71. The van der Waals surface area contributed by atoms with Gasteiger partial charge in [0.2, 0.25) is 5.91 Å². The van der Waals surface area contributed by atoms with E-state index in [0.29, 0.717) is 11.3 Å². The number of alkyl halides is 3. The topological polar surface area (TPSA) is 87.3 Å². The second-order valence-corrected chi connectivity index (χ2v) is 7.26. The Kier molecular flexibility index (Phi) is 7.30. The molecule has 0 atom stereocenters. The highest BCUT2D eigenvalue weighted by molar-refractivity contribution is 6.04. The molecule has 0 fully saturated rings. The molecule has 0 unspecified atom stereocenters. The maximum atomic E-state index is 13.6. The van der Waals surface area contributed by atoms with Gasteiger partial charge in [0.05, 0.1) is 12.1 Å². The minimum atomic E-state index is -4.77. The van der Waals surface area contributed by atoms with E-state index in [0.717, 1.165) is 24.3 Å². The highest BCUT2D eigenvalue weighted by Crippen LogP contribution is 2.36. The lowest BCUT2D eigenvalue weighted by molar-refractivity contribution is -0.137. The molecule has 0 aromatic heterocycles. The van der Waals surface area contributed by atoms with Gasteiger partial charge in [-0.25, -0.2) is 4.39 Å². The van der Waals surface area contributed by atoms with E-state index in [-0.39, 0.29) is 22.7 Å². The summed E-state index contributed by atoms with van der Waals surface area (Å²) in [6, 6.07) is 13.7. The molecule has 2 amide bonds. The van der Waals surface area contributed by atoms with Crippen LogP contribution in [0.15, 0.2) is 66.7 Å². The lowest BCUT2D eigenvalue weighted by Crippen LogP contribution is -2.23. The third-order valence-electron chi connectivity index (χ3n) is 4.68. The highest BCUT2D eigenvalue weighted by atomic mass is 19.4. The number of halogens is 4. The quantitative estimate of drug-likeness (QED) is 0.319. The van der Waals surface area contributed by atoms with Gasteiger partial charge in [0.25, 0.3) is 5.91 Å². The number of Topliss-reactive ketones (excluding diaryl/α,β-unsaturated/α-hetero) is 1. The molecule has 3 rings (SSSR count). The number of benzene rings is 3. The lowest BCUT2D eigenvalue weighted by Gasteiger charge is -2.16. The first-order chi connectivity index (χ1) is 16.0. The molecule has 0 radical (unpaired) electrons. The molecular formula is C24H19F4N3O3. The van der Waals surface area contributed by atoms with Crippen molar-refractivity contribution in [2.24, 2.45) is 0 Å². The summed E-state index contributed by atoms with van der Waals surface area (Å²) in [4.78, 5) is 35.9. The van der Waals surface area contributed by atoms with Crippen molar-refractivity contribution in [2.75, 3.05) is 22.5 Å². The minimum absolute atomic E-state index is 0.0719. The number of anilines is 3. The van der Waals surface area contributed by atoms with E-state index in [1.165, 1.54) is 31.2 Å². The van der Waals surface area contributed by atoms with E-state index in [1.54, 1.807) is 18.2 Å². The number of nitrogens with one attached hydrogen (secondary N) is 3. The zero-order valence-electron chi connectivity index (χ0n) is 17.8. The van der Waals surface area contributed by atoms with Crippen molar-refractivity contribution in [1.82, 2.24) is 0 Å². The van der Waals surface area contributed by atoms with E-state index < -0.39 is 35.9 Å². The van der Waals surface area contributed by atoms with Crippen LogP contribution in [0.5, 0.6) is 0 Å². The first kappa shape index (κ1) is 24.4. The van der Waals surface area contributed by atoms with Gasteiger partial charge in [-0.2, -0.15) is 13.2 Å². The van der Waals surface area contributed by atoms with Crippen LogP contribution in [-0.2, 0) is 11.0 Å². The zero-order chi connectivity index (χ0) is 24.9. The summed E-state index contributed by atoms with van der Waals surface area (Å²) < 4.78 is 53.8. The predicted molar refractivity (Wildman–Crippen MR) is 119 cm³/mol. The molecular weight excluding hydrogens is 454 g/mol. The van der Waals surface area contributed by atoms with Crippen LogP contribution in [0.1, 0.15) is 33.2 Å². The molecule has 0 heterocycles. The van der Waals surface area contributed by atoms with Crippen molar-refractivity contribution < 1.29 is 31.9 Å². The summed E-state index contributed by atoms with van der Waals surface area (Å²) in [5.41, 5.74) is -0.797. The van der Waals surface area contributed by atoms with Crippen molar-refractivity contribution in [3.8, 4) is 0 Å². The number of rotatable bonds is 7. The summed E-state index contributed by atoms with van der Waals surface area (Å²) in [5, 5.41) is 7.28. The molecule has 3 aromatic carbocycles. The summed E-state index contributed by atoms with van der Waals surface area (Å²) in [6.45, 7) is 0.890. The van der Waals surface area contributed by atoms with Gasteiger partial charge in [0, 0.05) is 28.2 Å². The van der Waals surface area contributed by atoms with E-state index in [1.807, 2.05) is 0 Å². The lowest BCUT2D eigenvalue weighted by atomic mass is 10.1. The Morgan fingerprint density at radius 3 is 2.15 bits per heavy atom. The smallest absolute Gasteiger partial charge is 0.376 e. The first-order valence-corrected chi connectivity index (χ1v) is 9.96. The third-order valence-corrected chi connectivity index (χ3v) is 4.68. The number of ketones is 1. The molecule has 0 aliphatic rings. The molecule has 0 bridgehead atoms. The van der Waals surface area contributed by atoms with Crippen molar-refractivity contribution in [3.63, 3.8) is 0 Å². The van der Waals surface area contributed by atoms with Crippen molar-refractivity contribution in [3.05, 3.63) is 89.2 Å². The van der Waals surface area contributed by atoms with Crippen LogP contribution in [-0.4, -0.2) is 24.1 Å². The molecule has 176 valence electrons. The molecule has 0 saturated carbocycles. The average Bonchev–Trinajstić information content (AvgIpc) is 2.78. The molecule has 0 spiro atoms. The van der Waals surface area contributed by atoms with Crippen LogP contribution in [0.2, 0.25) is 0 Å². The molecule has 3 N–H and O–H groups in total. The maximum absolute atomic E-state index is 13.6.